The molecule has 0 fully saturated rings. The topological polar surface area (TPSA) is 4.93 Å². The molecule has 0 radical (unpaired) electrons. The number of para-hydroxylation sites is 2. The van der Waals surface area contributed by atoms with E-state index in [-0.39, 0.29) is 5.41 Å². The van der Waals surface area contributed by atoms with Gasteiger partial charge in [0.2, 0.25) is 0 Å². The molecule has 142 valence electrons. The molecule has 0 spiro atoms. The Kier molecular flexibility index (Phi) is 4.06. The maximum atomic E-state index is 2.37. The van der Waals surface area contributed by atoms with Crippen LogP contribution in [0.5, 0.6) is 0 Å². The third-order valence-electron chi connectivity index (χ3n) is 5.73. The van der Waals surface area contributed by atoms with Gasteiger partial charge in [0.05, 0.1) is 11.0 Å². The standard InChI is InChI=1S/C28H25N/c1-28(2,3)25-15-9-7-13-22(25)20-17-18-27-24(19-20)23-14-8-10-16-26(23)29(27)21-11-5-4-6-12-21/h4-19H,1-3H3. The smallest absolute Gasteiger partial charge is 0.0541 e. The number of hydrogen-bond donors (Lipinski definition) is 0. The normalized spacial score (nSPS) is 12.0. The van der Waals surface area contributed by atoms with E-state index in [2.05, 4.69) is 122 Å². The number of fused-ring (bicyclic) bond motifs is 3. The quantitative estimate of drug-likeness (QED) is 0.297. The van der Waals surface area contributed by atoms with Crippen molar-refractivity contribution in [2.24, 2.45) is 0 Å². The number of aromatic nitrogens is 1. The van der Waals surface area contributed by atoms with Crippen LogP contribution in [-0.2, 0) is 5.41 Å². The summed E-state index contributed by atoms with van der Waals surface area (Å²) in [6.07, 6.45) is 0. The first kappa shape index (κ1) is 17.8. The lowest BCUT2D eigenvalue weighted by molar-refractivity contribution is 0.592. The van der Waals surface area contributed by atoms with Crippen LogP contribution in [0.2, 0.25) is 0 Å². The lowest BCUT2D eigenvalue weighted by Gasteiger charge is -2.23. The fraction of sp³-hybridized carbons (Fsp3) is 0.143. The molecule has 0 unspecified atom stereocenters. The van der Waals surface area contributed by atoms with Crippen molar-refractivity contribution in [2.45, 2.75) is 26.2 Å². The predicted octanol–water partition coefficient (Wildman–Crippen LogP) is 7.75. The van der Waals surface area contributed by atoms with E-state index in [4.69, 9.17) is 0 Å². The molecule has 0 amide bonds. The number of benzene rings is 4. The van der Waals surface area contributed by atoms with Crippen molar-refractivity contribution in [1.82, 2.24) is 4.57 Å². The minimum atomic E-state index is 0.101. The van der Waals surface area contributed by atoms with E-state index in [0.717, 1.165) is 0 Å². The molecule has 0 aliphatic rings. The third kappa shape index (κ3) is 2.94. The Hall–Kier alpha value is -3.32. The summed E-state index contributed by atoms with van der Waals surface area (Å²) >= 11 is 0. The van der Waals surface area contributed by atoms with Gasteiger partial charge in [-0.25, -0.2) is 0 Å². The van der Waals surface area contributed by atoms with Crippen LogP contribution in [0.15, 0.2) is 97.1 Å². The summed E-state index contributed by atoms with van der Waals surface area (Å²) in [5.41, 5.74) is 7.76. The van der Waals surface area contributed by atoms with E-state index in [1.165, 1.54) is 44.2 Å². The predicted molar refractivity (Wildman–Crippen MR) is 125 cm³/mol. The zero-order valence-electron chi connectivity index (χ0n) is 17.2. The second-order valence-electron chi connectivity index (χ2n) is 8.72. The van der Waals surface area contributed by atoms with Gasteiger partial charge in [0.15, 0.2) is 0 Å². The van der Waals surface area contributed by atoms with Crippen LogP contribution in [0.25, 0.3) is 38.6 Å². The van der Waals surface area contributed by atoms with Gasteiger partial charge in [-0.15, -0.1) is 0 Å². The maximum Gasteiger partial charge on any atom is 0.0541 e. The molecular formula is C28H25N. The van der Waals surface area contributed by atoms with Gasteiger partial charge in [-0.2, -0.15) is 0 Å². The van der Waals surface area contributed by atoms with E-state index >= 15 is 0 Å². The summed E-state index contributed by atoms with van der Waals surface area (Å²) in [5.74, 6) is 0. The molecule has 0 N–H and O–H groups in total. The van der Waals surface area contributed by atoms with Gasteiger partial charge in [-0.3, -0.25) is 0 Å². The highest BCUT2D eigenvalue weighted by Crippen LogP contribution is 2.37. The zero-order chi connectivity index (χ0) is 20.0. The fourth-order valence-electron chi connectivity index (χ4n) is 4.38. The van der Waals surface area contributed by atoms with Crippen molar-refractivity contribution in [3.63, 3.8) is 0 Å². The summed E-state index contributed by atoms with van der Waals surface area (Å²) in [4.78, 5) is 0. The van der Waals surface area contributed by atoms with Crippen molar-refractivity contribution >= 4 is 21.8 Å². The molecule has 4 aromatic carbocycles. The first-order valence-corrected chi connectivity index (χ1v) is 10.2. The zero-order valence-corrected chi connectivity index (χ0v) is 17.2. The molecule has 1 heterocycles. The van der Waals surface area contributed by atoms with Crippen molar-refractivity contribution in [1.29, 1.82) is 0 Å². The molecule has 0 saturated carbocycles. The van der Waals surface area contributed by atoms with Crippen LogP contribution in [0.1, 0.15) is 26.3 Å². The lowest BCUT2D eigenvalue weighted by atomic mass is 9.82. The largest absolute Gasteiger partial charge is 0.309 e. The Morgan fingerprint density at radius 3 is 2.03 bits per heavy atom. The highest BCUT2D eigenvalue weighted by atomic mass is 15.0. The van der Waals surface area contributed by atoms with E-state index in [1.54, 1.807) is 0 Å². The first-order valence-electron chi connectivity index (χ1n) is 10.2. The van der Waals surface area contributed by atoms with Crippen LogP contribution in [0, 0.1) is 0 Å². The van der Waals surface area contributed by atoms with Crippen LogP contribution < -0.4 is 0 Å². The highest BCUT2D eigenvalue weighted by molar-refractivity contribution is 6.10. The van der Waals surface area contributed by atoms with Crippen LogP contribution in [-0.4, -0.2) is 4.57 Å². The maximum absolute atomic E-state index is 2.37. The van der Waals surface area contributed by atoms with Crippen molar-refractivity contribution < 1.29 is 0 Å². The molecule has 0 saturated heterocycles. The van der Waals surface area contributed by atoms with Gasteiger partial charge in [-0.1, -0.05) is 87.5 Å². The number of hydrogen-bond acceptors (Lipinski definition) is 0. The van der Waals surface area contributed by atoms with Crippen LogP contribution in [0.4, 0.5) is 0 Å². The van der Waals surface area contributed by atoms with Crippen LogP contribution >= 0.6 is 0 Å². The monoisotopic (exact) mass is 375 g/mol. The first-order chi connectivity index (χ1) is 14.0. The van der Waals surface area contributed by atoms with E-state index < -0.39 is 0 Å². The third-order valence-corrected chi connectivity index (χ3v) is 5.73. The Labute approximate surface area is 172 Å². The van der Waals surface area contributed by atoms with Gasteiger partial charge in [0.25, 0.3) is 0 Å². The van der Waals surface area contributed by atoms with Gasteiger partial charge < -0.3 is 4.57 Å². The second-order valence-corrected chi connectivity index (χ2v) is 8.72. The number of nitrogens with zero attached hydrogens (tertiary/aromatic N) is 1. The van der Waals surface area contributed by atoms with E-state index in [0.29, 0.717) is 0 Å². The highest BCUT2D eigenvalue weighted by Gasteiger charge is 2.19. The van der Waals surface area contributed by atoms with Crippen molar-refractivity contribution in [3.05, 3.63) is 103 Å². The molecule has 5 rings (SSSR count). The van der Waals surface area contributed by atoms with E-state index in [9.17, 15) is 0 Å². The average Bonchev–Trinajstić information content (AvgIpc) is 3.07. The Morgan fingerprint density at radius 2 is 1.24 bits per heavy atom. The summed E-state index contributed by atoms with van der Waals surface area (Å²) in [6.45, 7) is 6.85. The van der Waals surface area contributed by atoms with Crippen molar-refractivity contribution in [2.75, 3.05) is 0 Å². The minimum absolute atomic E-state index is 0.101. The molecule has 0 bridgehead atoms. The summed E-state index contributed by atoms with van der Waals surface area (Å²) < 4.78 is 2.37. The van der Waals surface area contributed by atoms with Gasteiger partial charge >= 0.3 is 0 Å². The molecule has 1 heteroatoms. The Balaban J connectivity index is 1.82. The summed E-state index contributed by atoms with van der Waals surface area (Å²) in [6, 6.07) is 35.0. The molecule has 0 aliphatic carbocycles. The van der Waals surface area contributed by atoms with Crippen LogP contribution in [0.3, 0.4) is 0 Å². The number of rotatable bonds is 2. The minimum Gasteiger partial charge on any atom is -0.309 e. The molecule has 1 aromatic heterocycles. The summed E-state index contributed by atoms with van der Waals surface area (Å²) in [7, 11) is 0. The molecule has 29 heavy (non-hydrogen) atoms. The molecule has 0 aliphatic heterocycles. The van der Waals surface area contributed by atoms with Gasteiger partial charge in [0, 0.05) is 16.5 Å². The lowest BCUT2D eigenvalue weighted by Crippen LogP contribution is -2.12. The fourth-order valence-corrected chi connectivity index (χ4v) is 4.38. The van der Waals surface area contributed by atoms with Crippen molar-refractivity contribution in [3.8, 4) is 16.8 Å². The molecule has 0 atom stereocenters. The Bertz CT molecular complexity index is 1320. The Morgan fingerprint density at radius 1 is 0.586 bits per heavy atom. The average molecular weight is 376 g/mol. The second kappa shape index (κ2) is 6.63. The molecule has 1 nitrogen and oxygen atoms in total. The molecular weight excluding hydrogens is 350 g/mol. The van der Waals surface area contributed by atoms with Gasteiger partial charge in [0.1, 0.15) is 0 Å². The SMILES string of the molecule is CC(C)(C)c1ccccc1-c1ccc2c(c1)c1ccccc1n2-c1ccccc1. The summed E-state index contributed by atoms with van der Waals surface area (Å²) in [5, 5.41) is 2.59. The van der Waals surface area contributed by atoms with Gasteiger partial charge in [-0.05, 0) is 52.4 Å². The molecule has 5 aromatic rings. The van der Waals surface area contributed by atoms with E-state index in [1.807, 2.05) is 0 Å².